The van der Waals surface area contributed by atoms with E-state index in [2.05, 4.69) is 4.98 Å². The van der Waals surface area contributed by atoms with E-state index < -0.39 is 16.0 Å². The van der Waals surface area contributed by atoms with Gasteiger partial charge in [-0.05, 0) is 30.5 Å². The predicted molar refractivity (Wildman–Crippen MR) is 68.9 cm³/mol. The summed E-state index contributed by atoms with van der Waals surface area (Å²) in [4.78, 5) is 14.3. The zero-order valence-corrected chi connectivity index (χ0v) is 11.2. The van der Waals surface area contributed by atoms with Crippen molar-refractivity contribution in [2.45, 2.75) is 23.8 Å². The topological polar surface area (TPSA) is 87.6 Å². The Labute approximate surface area is 111 Å². The largest absolute Gasteiger partial charge is 0.478 e. The van der Waals surface area contributed by atoms with Crippen molar-refractivity contribution in [3.63, 3.8) is 0 Å². The number of aromatic nitrogens is 1. The van der Waals surface area contributed by atoms with Crippen molar-refractivity contribution < 1.29 is 18.3 Å². The Kier molecular flexibility index (Phi) is 3.68. The van der Waals surface area contributed by atoms with Crippen LogP contribution in [0.25, 0.3) is 6.08 Å². The van der Waals surface area contributed by atoms with Crippen molar-refractivity contribution in [3.8, 4) is 0 Å². The molecule has 0 spiro atoms. The Morgan fingerprint density at radius 1 is 1.47 bits per heavy atom. The third-order valence-electron chi connectivity index (χ3n) is 2.89. The summed E-state index contributed by atoms with van der Waals surface area (Å²) in [5.41, 5.74) is 0.438. The number of carboxylic acid groups (broad SMARTS) is 1. The highest BCUT2D eigenvalue weighted by Crippen LogP contribution is 2.30. The fourth-order valence-corrected chi connectivity index (χ4v) is 3.05. The number of aliphatic carboxylic acids is 1. The molecule has 0 radical (unpaired) electrons. The number of nitrogens with zero attached hydrogens (tertiary/aromatic N) is 2. The van der Waals surface area contributed by atoms with Crippen molar-refractivity contribution in [2.24, 2.45) is 0 Å². The molecule has 1 N–H and O–H groups in total. The first-order chi connectivity index (χ1) is 8.91. The number of sulfonamides is 1. The summed E-state index contributed by atoms with van der Waals surface area (Å²) >= 11 is 0. The van der Waals surface area contributed by atoms with E-state index in [9.17, 15) is 13.2 Å². The lowest BCUT2D eigenvalue weighted by Crippen LogP contribution is -2.29. The van der Waals surface area contributed by atoms with E-state index in [-0.39, 0.29) is 10.9 Å². The van der Waals surface area contributed by atoms with Crippen LogP contribution in [0.3, 0.4) is 0 Å². The molecule has 0 amide bonds. The lowest BCUT2D eigenvalue weighted by Gasteiger charge is -2.16. The Morgan fingerprint density at radius 3 is 2.74 bits per heavy atom. The normalized spacial score (nSPS) is 16.1. The van der Waals surface area contributed by atoms with Crippen LogP contribution in [0.2, 0.25) is 0 Å². The molecule has 0 atom stereocenters. The van der Waals surface area contributed by atoms with Crippen LogP contribution in [0.1, 0.15) is 18.4 Å². The van der Waals surface area contributed by atoms with Gasteiger partial charge in [0, 0.05) is 31.6 Å². The number of carboxylic acids is 1. The highest BCUT2D eigenvalue weighted by Gasteiger charge is 2.35. The van der Waals surface area contributed by atoms with Crippen LogP contribution in [0.15, 0.2) is 29.4 Å². The fourth-order valence-electron chi connectivity index (χ4n) is 1.64. The first kappa shape index (κ1) is 13.7. The quantitative estimate of drug-likeness (QED) is 0.813. The summed E-state index contributed by atoms with van der Waals surface area (Å²) in [5.74, 6) is -1.09. The van der Waals surface area contributed by atoms with Gasteiger partial charge in [-0.1, -0.05) is 0 Å². The number of rotatable bonds is 5. The van der Waals surface area contributed by atoms with Crippen molar-refractivity contribution in [2.75, 3.05) is 7.05 Å². The average molecular weight is 282 g/mol. The van der Waals surface area contributed by atoms with Gasteiger partial charge in [-0.25, -0.2) is 13.2 Å². The molecule has 19 heavy (non-hydrogen) atoms. The first-order valence-corrected chi connectivity index (χ1v) is 7.19. The van der Waals surface area contributed by atoms with Gasteiger partial charge < -0.3 is 5.11 Å². The summed E-state index contributed by atoms with van der Waals surface area (Å²) in [6, 6.07) is 1.49. The molecular formula is C12H14N2O4S. The van der Waals surface area contributed by atoms with E-state index in [0.717, 1.165) is 18.9 Å². The van der Waals surface area contributed by atoms with Crippen molar-refractivity contribution >= 4 is 22.1 Å². The molecule has 1 heterocycles. The van der Waals surface area contributed by atoms with E-state index in [1.54, 1.807) is 7.05 Å². The van der Waals surface area contributed by atoms with Gasteiger partial charge in [0.15, 0.2) is 0 Å². The van der Waals surface area contributed by atoms with Crippen LogP contribution in [0.5, 0.6) is 0 Å². The molecule has 1 aromatic heterocycles. The second-order valence-electron chi connectivity index (χ2n) is 4.38. The van der Waals surface area contributed by atoms with Crippen molar-refractivity contribution in [1.82, 2.24) is 9.29 Å². The predicted octanol–water partition coefficient (Wildman–Crippen LogP) is 0.962. The van der Waals surface area contributed by atoms with Gasteiger partial charge in [-0.3, -0.25) is 4.98 Å². The molecule has 2 rings (SSSR count). The van der Waals surface area contributed by atoms with Gasteiger partial charge in [-0.15, -0.1) is 0 Å². The second-order valence-corrected chi connectivity index (χ2v) is 6.38. The number of pyridine rings is 1. The van der Waals surface area contributed by atoms with Crippen LogP contribution in [0.4, 0.5) is 0 Å². The maximum absolute atomic E-state index is 12.2. The van der Waals surface area contributed by atoms with Gasteiger partial charge in [0.05, 0.1) is 0 Å². The molecule has 7 heteroatoms. The molecule has 1 aliphatic carbocycles. The highest BCUT2D eigenvalue weighted by molar-refractivity contribution is 7.89. The van der Waals surface area contributed by atoms with Crippen molar-refractivity contribution in [1.29, 1.82) is 0 Å². The lowest BCUT2D eigenvalue weighted by molar-refractivity contribution is -0.131. The third kappa shape index (κ3) is 3.18. The highest BCUT2D eigenvalue weighted by atomic mass is 32.2. The van der Waals surface area contributed by atoms with Gasteiger partial charge in [0.25, 0.3) is 0 Å². The van der Waals surface area contributed by atoms with Crippen LogP contribution in [0, 0.1) is 0 Å². The van der Waals surface area contributed by atoms with Gasteiger partial charge in [0.1, 0.15) is 4.90 Å². The number of carbonyl (C=O) groups is 1. The van der Waals surface area contributed by atoms with Gasteiger partial charge in [-0.2, -0.15) is 4.31 Å². The lowest BCUT2D eigenvalue weighted by atomic mass is 10.2. The number of hydrogen-bond acceptors (Lipinski definition) is 4. The smallest absolute Gasteiger partial charge is 0.328 e. The molecule has 1 saturated carbocycles. The Morgan fingerprint density at radius 2 is 2.16 bits per heavy atom. The van der Waals surface area contributed by atoms with Crippen LogP contribution in [-0.2, 0) is 14.8 Å². The Bertz CT molecular complexity index is 620. The van der Waals surface area contributed by atoms with Crippen LogP contribution < -0.4 is 0 Å². The van der Waals surface area contributed by atoms with Crippen LogP contribution >= 0.6 is 0 Å². The molecular weight excluding hydrogens is 268 g/mol. The average Bonchev–Trinajstić information content (AvgIpc) is 3.20. The maximum atomic E-state index is 12.2. The molecule has 102 valence electrons. The van der Waals surface area contributed by atoms with Gasteiger partial charge in [0.2, 0.25) is 10.0 Å². The van der Waals surface area contributed by atoms with E-state index in [4.69, 9.17) is 5.11 Å². The minimum absolute atomic E-state index is 0.0724. The Hall–Kier alpha value is -1.73. The summed E-state index contributed by atoms with van der Waals surface area (Å²) < 4.78 is 25.8. The molecule has 6 nitrogen and oxygen atoms in total. The standard InChI is InChI=1S/C12H14N2O4S/c1-14(10-3-4-10)19(17,18)11-6-9(7-13-8-11)2-5-12(15)16/h2,5-8,10H,3-4H2,1H3,(H,15,16). The molecule has 0 aromatic carbocycles. The molecule has 1 aliphatic rings. The SMILES string of the molecule is CN(C1CC1)S(=O)(=O)c1cncc(C=CC(=O)O)c1. The van der Waals surface area contributed by atoms with E-state index in [0.29, 0.717) is 5.56 Å². The fraction of sp³-hybridized carbons (Fsp3) is 0.333. The van der Waals surface area contributed by atoms with E-state index in [1.807, 2.05) is 0 Å². The minimum Gasteiger partial charge on any atom is -0.478 e. The molecule has 0 unspecified atom stereocenters. The minimum atomic E-state index is -3.55. The molecule has 0 aliphatic heterocycles. The summed E-state index contributed by atoms with van der Waals surface area (Å²) in [5, 5.41) is 8.54. The van der Waals surface area contributed by atoms with Gasteiger partial charge >= 0.3 is 5.97 Å². The van der Waals surface area contributed by atoms with Crippen LogP contribution in [-0.4, -0.2) is 41.9 Å². The Balaban J connectivity index is 2.29. The van der Waals surface area contributed by atoms with E-state index >= 15 is 0 Å². The summed E-state index contributed by atoms with van der Waals surface area (Å²) in [6.07, 6.45) is 6.69. The zero-order valence-electron chi connectivity index (χ0n) is 10.4. The first-order valence-electron chi connectivity index (χ1n) is 5.75. The van der Waals surface area contributed by atoms with E-state index in [1.165, 1.54) is 28.8 Å². The van der Waals surface area contributed by atoms with Crippen molar-refractivity contribution in [3.05, 3.63) is 30.1 Å². The maximum Gasteiger partial charge on any atom is 0.328 e. The third-order valence-corrected chi connectivity index (χ3v) is 4.77. The zero-order chi connectivity index (χ0) is 14.0. The summed E-state index contributed by atoms with van der Waals surface area (Å²) in [6.45, 7) is 0. The molecule has 0 saturated heterocycles. The second kappa shape index (κ2) is 5.10. The molecule has 1 fully saturated rings. The molecule has 1 aromatic rings. The summed E-state index contributed by atoms with van der Waals surface area (Å²) in [7, 11) is -2.00. The monoisotopic (exact) mass is 282 g/mol. The number of hydrogen-bond donors (Lipinski definition) is 1. The molecule has 0 bridgehead atoms.